The van der Waals surface area contributed by atoms with Crippen LogP contribution in [-0.4, -0.2) is 9.78 Å². The van der Waals surface area contributed by atoms with Gasteiger partial charge in [0.1, 0.15) is 0 Å². The molecule has 0 bridgehead atoms. The molecule has 1 aromatic heterocycles. The zero-order valence-corrected chi connectivity index (χ0v) is 8.49. The van der Waals surface area contributed by atoms with Crippen LogP contribution in [0.25, 0.3) is 5.57 Å². The average Bonchev–Trinajstić information content (AvgIpc) is 2.55. The highest BCUT2D eigenvalue weighted by atomic mass is 15.3. The summed E-state index contributed by atoms with van der Waals surface area (Å²) in [4.78, 5) is 0. The SMILES string of the molecule is C=CC(=CC)c1ccnn1C(C)C. The Morgan fingerprint density at radius 3 is 2.77 bits per heavy atom. The number of allylic oxidation sites excluding steroid dienone is 3. The van der Waals surface area contributed by atoms with E-state index < -0.39 is 0 Å². The van der Waals surface area contributed by atoms with Crippen LogP contribution in [0.2, 0.25) is 0 Å². The summed E-state index contributed by atoms with van der Waals surface area (Å²) in [5, 5.41) is 4.26. The molecule has 0 saturated heterocycles. The molecule has 1 rings (SSSR count). The Labute approximate surface area is 79.6 Å². The predicted octanol–water partition coefficient (Wildman–Crippen LogP) is 3.05. The molecule has 0 aliphatic rings. The van der Waals surface area contributed by atoms with Crippen molar-refractivity contribution in [2.24, 2.45) is 0 Å². The van der Waals surface area contributed by atoms with E-state index >= 15 is 0 Å². The van der Waals surface area contributed by atoms with E-state index in [-0.39, 0.29) is 0 Å². The summed E-state index contributed by atoms with van der Waals surface area (Å²) in [6, 6.07) is 2.40. The predicted molar refractivity (Wildman–Crippen MR) is 56.5 cm³/mol. The molecule has 70 valence electrons. The third kappa shape index (κ3) is 1.89. The molecular weight excluding hydrogens is 160 g/mol. The minimum atomic E-state index is 0.389. The number of hydrogen-bond donors (Lipinski definition) is 0. The first-order chi connectivity index (χ1) is 6.20. The van der Waals surface area contributed by atoms with Crippen molar-refractivity contribution >= 4 is 5.57 Å². The van der Waals surface area contributed by atoms with Gasteiger partial charge in [0.2, 0.25) is 0 Å². The van der Waals surface area contributed by atoms with Crippen LogP contribution in [0.5, 0.6) is 0 Å². The van der Waals surface area contributed by atoms with Gasteiger partial charge in [-0.15, -0.1) is 0 Å². The minimum absolute atomic E-state index is 0.389. The Hall–Kier alpha value is -1.31. The summed E-state index contributed by atoms with van der Waals surface area (Å²) in [6.07, 6.45) is 5.72. The molecule has 0 atom stereocenters. The highest BCUT2D eigenvalue weighted by molar-refractivity contribution is 5.70. The van der Waals surface area contributed by atoms with Crippen LogP contribution < -0.4 is 0 Å². The van der Waals surface area contributed by atoms with Gasteiger partial charge in [-0.1, -0.05) is 18.7 Å². The molecule has 1 heterocycles. The van der Waals surface area contributed by atoms with Crippen molar-refractivity contribution in [1.82, 2.24) is 9.78 Å². The van der Waals surface area contributed by atoms with E-state index in [1.165, 1.54) is 0 Å². The lowest BCUT2D eigenvalue weighted by Crippen LogP contribution is -2.06. The molecule has 0 aromatic carbocycles. The third-order valence-electron chi connectivity index (χ3n) is 1.99. The summed E-state index contributed by atoms with van der Waals surface area (Å²) >= 11 is 0. The number of aromatic nitrogens is 2. The molecule has 0 saturated carbocycles. The fourth-order valence-electron chi connectivity index (χ4n) is 1.32. The fourth-order valence-corrected chi connectivity index (χ4v) is 1.32. The lowest BCUT2D eigenvalue weighted by Gasteiger charge is -2.10. The summed E-state index contributed by atoms with van der Waals surface area (Å²) in [5.41, 5.74) is 2.26. The van der Waals surface area contributed by atoms with Crippen molar-refractivity contribution < 1.29 is 0 Å². The van der Waals surface area contributed by atoms with E-state index in [4.69, 9.17) is 0 Å². The van der Waals surface area contributed by atoms with E-state index in [2.05, 4.69) is 25.5 Å². The smallest absolute Gasteiger partial charge is 0.0681 e. The molecule has 0 aliphatic heterocycles. The topological polar surface area (TPSA) is 17.8 Å². The van der Waals surface area contributed by atoms with Crippen LogP contribution in [0.1, 0.15) is 32.5 Å². The molecule has 0 unspecified atom stereocenters. The molecule has 0 aliphatic carbocycles. The van der Waals surface area contributed by atoms with Crippen molar-refractivity contribution in [3.63, 3.8) is 0 Å². The zero-order valence-electron chi connectivity index (χ0n) is 8.49. The molecule has 0 spiro atoms. The van der Waals surface area contributed by atoms with Gasteiger partial charge in [0.25, 0.3) is 0 Å². The molecule has 2 nitrogen and oxygen atoms in total. The van der Waals surface area contributed by atoms with Gasteiger partial charge in [0, 0.05) is 12.2 Å². The van der Waals surface area contributed by atoms with Gasteiger partial charge >= 0.3 is 0 Å². The van der Waals surface area contributed by atoms with Crippen LogP contribution in [0, 0.1) is 0 Å². The van der Waals surface area contributed by atoms with E-state index in [1.54, 1.807) is 0 Å². The Bertz CT molecular complexity index is 319. The third-order valence-corrected chi connectivity index (χ3v) is 1.99. The van der Waals surface area contributed by atoms with Gasteiger partial charge in [0.15, 0.2) is 0 Å². The first kappa shape index (κ1) is 9.78. The Morgan fingerprint density at radius 2 is 2.31 bits per heavy atom. The maximum absolute atomic E-state index is 4.26. The van der Waals surface area contributed by atoms with Crippen LogP contribution in [-0.2, 0) is 0 Å². The van der Waals surface area contributed by atoms with Crippen molar-refractivity contribution in [3.8, 4) is 0 Å². The maximum Gasteiger partial charge on any atom is 0.0681 e. The highest BCUT2D eigenvalue weighted by Gasteiger charge is 2.06. The highest BCUT2D eigenvalue weighted by Crippen LogP contribution is 2.17. The largest absolute Gasteiger partial charge is 0.262 e. The molecule has 2 heteroatoms. The summed E-state index contributed by atoms with van der Waals surface area (Å²) < 4.78 is 2.00. The lowest BCUT2D eigenvalue weighted by atomic mass is 10.1. The molecule has 1 aromatic rings. The van der Waals surface area contributed by atoms with Gasteiger partial charge in [-0.05, 0) is 32.4 Å². The van der Waals surface area contributed by atoms with E-state index in [0.29, 0.717) is 6.04 Å². The zero-order chi connectivity index (χ0) is 9.84. The number of hydrogen-bond acceptors (Lipinski definition) is 1. The normalized spacial score (nSPS) is 12.2. The van der Waals surface area contributed by atoms with Crippen LogP contribution >= 0.6 is 0 Å². The van der Waals surface area contributed by atoms with Crippen molar-refractivity contribution in [2.45, 2.75) is 26.8 Å². The standard InChI is InChI=1S/C11H16N2/c1-5-10(6-2)11-7-8-12-13(11)9(3)4/h5-9H,1H2,2-4H3. The van der Waals surface area contributed by atoms with Gasteiger partial charge in [-0.3, -0.25) is 4.68 Å². The Balaban J connectivity index is 3.13. The van der Waals surface area contributed by atoms with Gasteiger partial charge < -0.3 is 0 Å². The van der Waals surface area contributed by atoms with Gasteiger partial charge in [-0.25, -0.2) is 0 Å². The van der Waals surface area contributed by atoms with Gasteiger partial charge in [-0.2, -0.15) is 5.10 Å². The second kappa shape index (κ2) is 4.08. The molecule has 0 N–H and O–H groups in total. The van der Waals surface area contributed by atoms with Crippen LogP contribution in [0.3, 0.4) is 0 Å². The van der Waals surface area contributed by atoms with E-state index in [1.807, 2.05) is 36.0 Å². The second-order valence-electron chi connectivity index (χ2n) is 3.20. The van der Waals surface area contributed by atoms with E-state index in [9.17, 15) is 0 Å². The number of nitrogens with zero attached hydrogens (tertiary/aromatic N) is 2. The quantitative estimate of drug-likeness (QED) is 0.647. The molecule has 0 fully saturated rings. The first-order valence-electron chi connectivity index (χ1n) is 4.53. The maximum atomic E-state index is 4.26. The lowest BCUT2D eigenvalue weighted by molar-refractivity contribution is 0.527. The van der Waals surface area contributed by atoms with Gasteiger partial charge in [0.05, 0.1) is 5.69 Å². The first-order valence-corrected chi connectivity index (χ1v) is 4.53. The van der Waals surface area contributed by atoms with E-state index in [0.717, 1.165) is 11.3 Å². The van der Waals surface area contributed by atoms with Crippen molar-refractivity contribution in [1.29, 1.82) is 0 Å². The molecule has 0 radical (unpaired) electrons. The van der Waals surface area contributed by atoms with Crippen molar-refractivity contribution in [3.05, 3.63) is 36.7 Å². The molecule has 0 amide bonds. The van der Waals surface area contributed by atoms with Crippen LogP contribution in [0.15, 0.2) is 31.0 Å². The minimum Gasteiger partial charge on any atom is -0.262 e. The molecular formula is C11H16N2. The van der Waals surface area contributed by atoms with Crippen LogP contribution in [0.4, 0.5) is 0 Å². The fraction of sp³-hybridized carbons (Fsp3) is 0.364. The summed E-state index contributed by atoms with van der Waals surface area (Å²) in [5.74, 6) is 0. The molecule has 13 heavy (non-hydrogen) atoms. The second-order valence-corrected chi connectivity index (χ2v) is 3.20. The Kier molecular flexibility index (Phi) is 3.07. The summed E-state index contributed by atoms with van der Waals surface area (Å²) in [6.45, 7) is 10.0. The average molecular weight is 176 g/mol. The Morgan fingerprint density at radius 1 is 1.62 bits per heavy atom. The summed E-state index contributed by atoms with van der Waals surface area (Å²) in [7, 11) is 0. The monoisotopic (exact) mass is 176 g/mol. The number of rotatable bonds is 3. The van der Waals surface area contributed by atoms with Crippen molar-refractivity contribution in [2.75, 3.05) is 0 Å².